The maximum Gasteiger partial charge on any atom is 0.0725 e. The average molecular weight is 615 g/mol. The van der Waals surface area contributed by atoms with Gasteiger partial charge < -0.3 is 0 Å². The minimum atomic E-state index is -0.448. The van der Waals surface area contributed by atoms with Crippen LogP contribution in [0.15, 0.2) is 174 Å². The minimum absolute atomic E-state index is 0.448. The summed E-state index contributed by atoms with van der Waals surface area (Å²) in [5, 5.41) is 5.16. The van der Waals surface area contributed by atoms with Crippen molar-refractivity contribution in [1.29, 1.82) is 0 Å². The first-order valence-corrected chi connectivity index (χ1v) is 17.2. The molecule has 0 radical (unpaired) electrons. The largest absolute Gasteiger partial charge is 0.0984 e. The fraction of sp³-hybridized carbons (Fsp3) is 0.0435. The van der Waals surface area contributed by atoms with Gasteiger partial charge in [-0.05, 0) is 108 Å². The lowest BCUT2D eigenvalue weighted by molar-refractivity contribution is 0.787. The second-order valence-corrected chi connectivity index (χ2v) is 13.8. The van der Waals surface area contributed by atoms with E-state index in [1.54, 1.807) is 0 Å². The Morgan fingerprint density at radius 3 is 2.09 bits per heavy atom. The molecule has 7 aromatic carbocycles. The number of hydrogen-bond donors (Lipinski definition) is 0. The van der Waals surface area contributed by atoms with Gasteiger partial charge in [0.1, 0.15) is 0 Å². The Hall–Kier alpha value is -5.37. The van der Waals surface area contributed by atoms with E-state index >= 15 is 0 Å². The van der Waals surface area contributed by atoms with Crippen molar-refractivity contribution < 1.29 is 0 Å². The van der Waals surface area contributed by atoms with Gasteiger partial charge in [0.15, 0.2) is 0 Å². The quantitative estimate of drug-likeness (QED) is 0.191. The van der Waals surface area contributed by atoms with Crippen molar-refractivity contribution in [2.24, 2.45) is 0 Å². The van der Waals surface area contributed by atoms with Crippen molar-refractivity contribution in [2.75, 3.05) is 0 Å². The van der Waals surface area contributed by atoms with Gasteiger partial charge in [-0.15, -0.1) is 0 Å². The van der Waals surface area contributed by atoms with E-state index in [-0.39, 0.29) is 0 Å². The van der Waals surface area contributed by atoms with Crippen LogP contribution < -0.4 is 0 Å². The van der Waals surface area contributed by atoms with Crippen LogP contribution in [-0.2, 0) is 5.41 Å². The predicted molar refractivity (Wildman–Crippen MR) is 200 cm³/mol. The number of hydrogen-bond acceptors (Lipinski definition) is 1. The highest BCUT2D eigenvalue weighted by atomic mass is 32.2. The van der Waals surface area contributed by atoms with Crippen molar-refractivity contribution in [3.63, 3.8) is 0 Å². The van der Waals surface area contributed by atoms with Crippen molar-refractivity contribution >= 4 is 38.9 Å². The zero-order valence-corrected chi connectivity index (χ0v) is 26.9. The number of fused-ring (bicyclic) bond motifs is 10. The summed E-state index contributed by atoms with van der Waals surface area (Å²) >= 11 is 1.92. The molecule has 3 aliphatic rings. The van der Waals surface area contributed by atoms with E-state index in [9.17, 15) is 0 Å². The molecular weight excluding hydrogens is 585 g/mol. The molecule has 0 N–H and O–H groups in total. The molecule has 47 heavy (non-hydrogen) atoms. The molecule has 220 valence electrons. The Morgan fingerprint density at radius 1 is 0.553 bits per heavy atom. The van der Waals surface area contributed by atoms with Gasteiger partial charge in [0.25, 0.3) is 0 Å². The van der Waals surface area contributed by atoms with Crippen LogP contribution in [0.4, 0.5) is 0 Å². The highest BCUT2D eigenvalue weighted by Crippen LogP contribution is 2.64. The van der Waals surface area contributed by atoms with Crippen LogP contribution in [0.25, 0.3) is 60.5 Å². The third kappa shape index (κ3) is 3.40. The van der Waals surface area contributed by atoms with Crippen LogP contribution in [0.5, 0.6) is 0 Å². The van der Waals surface area contributed by atoms with E-state index in [1.807, 2.05) is 11.8 Å². The molecule has 0 nitrogen and oxygen atoms in total. The Morgan fingerprint density at radius 2 is 1.23 bits per heavy atom. The van der Waals surface area contributed by atoms with Gasteiger partial charge in [-0.3, -0.25) is 0 Å². The normalized spacial score (nSPS) is 17.0. The Labute approximate surface area is 279 Å². The van der Waals surface area contributed by atoms with Crippen molar-refractivity contribution in [2.45, 2.75) is 22.1 Å². The highest BCUT2D eigenvalue weighted by molar-refractivity contribution is 8.00. The first-order chi connectivity index (χ1) is 23.2. The Kier molecular flexibility index (Phi) is 5.60. The van der Waals surface area contributed by atoms with Crippen LogP contribution in [0.2, 0.25) is 0 Å². The summed E-state index contributed by atoms with van der Waals surface area (Å²) in [7, 11) is 0. The minimum Gasteiger partial charge on any atom is -0.0984 e. The zero-order chi connectivity index (χ0) is 31.3. The summed E-state index contributed by atoms with van der Waals surface area (Å²) < 4.78 is 0. The molecule has 1 unspecified atom stereocenters. The molecule has 1 heteroatoms. The van der Waals surface area contributed by atoms with Gasteiger partial charge in [0.05, 0.1) is 5.41 Å². The van der Waals surface area contributed by atoms with E-state index in [4.69, 9.17) is 0 Å². The summed E-state index contributed by atoms with van der Waals surface area (Å²) in [5.74, 6) is 0. The average Bonchev–Trinajstić information content (AvgIpc) is 3.57. The molecule has 0 saturated carbocycles. The summed E-state index contributed by atoms with van der Waals surface area (Å²) in [6, 6.07) is 50.0. The van der Waals surface area contributed by atoms with Gasteiger partial charge in [-0.2, -0.15) is 0 Å². The molecule has 1 heterocycles. The molecule has 0 fully saturated rings. The molecule has 2 aliphatic carbocycles. The third-order valence-corrected chi connectivity index (χ3v) is 11.8. The summed E-state index contributed by atoms with van der Waals surface area (Å²) in [4.78, 5) is 2.66. The van der Waals surface area contributed by atoms with E-state index in [0.29, 0.717) is 0 Å². The molecule has 0 saturated heterocycles. The van der Waals surface area contributed by atoms with Crippen molar-refractivity contribution in [3.05, 3.63) is 186 Å². The first-order valence-electron chi connectivity index (χ1n) is 16.3. The fourth-order valence-electron chi connectivity index (χ4n) is 8.78. The number of allylic oxidation sites excluding steroid dienone is 5. The van der Waals surface area contributed by atoms with Crippen LogP contribution in [0.1, 0.15) is 29.2 Å². The molecule has 1 atom stereocenters. The van der Waals surface area contributed by atoms with Gasteiger partial charge >= 0.3 is 0 Å². The Balaban J connectivity index is 1.33. The monoisotopic (exact) mass is 614 g/mol. The second-order valence-electron chi connectivity index (χ2n) is 12.7. The molecule has 1 aliphatic heterocycles. The topological polar surface area (TPSA) is 0 Å². The zero-order valence-electron chi connectivity index (χ0n) is 26.0. The van der Waals surface area contributed by atoms with Crippen molar-refractivity contribution in [1.82, 2.24) is 0 Å². The highest BCUT2D eigenvalue weighted by Gasteiger charge is 2.52. The van der Waals surface area contributed by atoms with Crippen LogP contribution in [-0.4, -0.2) is 0 Å². The fourth-order valence-corrected chi connectivity index (χ4v) is 10.0. The molecule has 0 aromatic heterocycles. The van der Waals surface area contributed by atoms with Crippen LogP contribution >= 0.6 is 11.8 Å². The molecule has 0 bridgehead atoms. The lowest BCUT2D eigenvalue weighted by Crippen LogP contribution is -2.26. The first kappa shape index (κ1) is 26.8. The standard InChI is InChI=1S/C46H30S/c1-3-13-38-31(4-2)37-26-29-14-5-6-15-30(29)27-41(37)46(38)39-21-9-7-18-36(39)44-34(20-12-22-40(44)46)35-25-24-28-16-11-19-33-32-17-8-10-23-42(32)47-45(35)43(28)33/h3-27H,2H2,1H3/b13-3-. The summed E-state index contributed by atoms with van der Waals surface area (Å²) in [6.07, 6.45) is 6.60. The van der Waals surface area contributed by atoms with E-state index in [2.05, 4.69) is 165 Å². The van der Waals surface area contributed by atoms with Gasteiger partial charge in [-0.25, -0.2) is 0 Å². The maximum atomic E-state index is 4.38. The van der Waals surface area contributed by atoms with Crippen molar-refractivity contribution in [3.8, 4) is 33.4 Å². The summed E-state index contributed by atoms with van der Waals surface area (Å²) in [6.45, 7) is 6.51. The van der Waals surface area contributed by atoms with E-state index < -0.39 is 5.41 Å². The SMILES string of the molecule is C=CC1=C(/C=C\C)C2(c3cc4ccccc4cc31)c1ccccc1-c1c(-c3ccc4cccc5c4c3Sc3ccccc3-5)cccc12. The van der Waals surface area contributed by atoms with Crippen LogP contribution in [0, 0.1) is 0 Å². The van der Waals surface area contributed by atoms with Crippen LogP contribution in [0.3, 0.4) is 0 Å². The molecule has 7 aromatic rings. The number of rotatable bonds is 3. The third-order valence-electron chi connectivity index (χ3n) is 10.6. The lowest BCUT2D eigenvalue weighted by atomic mass is 9.69. The predicted octanol–water partition coefficient (Wildman–Crippen LogP) is 12.6. The van der Waals surface area contributed by atoms with E-state index in [1.165, 1.54) is 98.1 Å². The van der Waals surface area contributed by atoms with Gasteiger partial charge in [0, 0.05) is 15.2 Å². The molecule has 0 amide bonds. The lowest BCUT2D eigenvalue weighted by Gasteiger charge is -2.32. The number of benzene rings is 7. The maximum absolute atomic E-state index is 4.38. The smallest absolute Gasteiger partial charge is 0.0725 e. The van der Waals surface area contributed by atoms with E-state index in [0.717, 1.165) is 0 Å². The molecule has 10 rings (SSSR count). The van der Waals surface area contributed by atoms with Gasteiger partial charge in [-0.1, -0.05) is 152 Å². The molecular formula is C46H30S. The summed E-state index contributed by atoms with van der Waals surface area (Å²) in [5.41, 5.74) is 15.3. The van der Waals surface area contributed by atoms with Gasteiger partial charge in [0.2, 0.25) is 0 Å². The second kappa shape index (κ2) is 9.82. The Bertz CT molecular complexity index is 2580. The molecule has 1 spiro atoms.